The number of piperidine rings is 1. The number of carbonyl (C=O) groups is 1. The Balaban J connectivity index is 2.01. The van der Waals surface area contributed by atoms with Gasteiger partial charge in [-0.3, -0.25) is 9.69 Å². The van der Waals surface area contributed by atoms with E-state index in [-0.39, 0.29) is 0 Å². The van der Waals surface area contributed by atoms with Gasteiger partial charge in [0.15, 0.2) is 0 Å². The fourth-order valence-electron chi connectivity index (χ4n) is 2.57. The summed E-state index contributed by atoms with van der Waals surface area (Å²) in [5, 5.41) is 9.98. The minimum atomic E-state index is -0.675. The molecule has 1 N–H and O–H groups in total. The van der Waals surface area contributed by atoms with Gasteiger partial charge in [-0.25, -0.2) is 0 Å². The van der Waals surface area contributed by atoms with Crippen LogP contribution in [0.1, 0.15) is 38.3 Å². The zero-order chi connectivity index (χ0) is 14.0. The van der Waals surface area contributed by atoms with Crippen LogP contribution in [-0.2, 0) is 4.79 Å². The van der Waals surface area contributed by atoms with Gasteiger partial charge in [-0.1, -0.05) is 23.7 Å². The lowest BCUT2D eigenvalue weighted by Crippen LogP contribution is -2.43. The minimum Gasteiger partial charge on any atom is -0.481 e. The van der Waals surface area contributed by atoms with Crippen LogP contribution in [0.15, 0.2) is 24.3 Å². The number of halogens is 1. The summed E-state index contributed by atoms with van der Waals surface area (Å²) in [5.74, 6) is -0.675. The van der Waals surface area contributed by atoms with E-state index in [1.165, 1.54) is 5.56 Å². The second-order valence-corrected chi connectivity index (χ2v) is 6.07. The van der Waals surface area contributed by atoms with Crippen LogP contribution in [0.3, 0.4) is 0 Å². The largest absolute Gasteiger partial charge is 0.481 e. The van der Waals surface area contributed by atoms with Crippen molar-refractivity contribution in [2.45, 2.75) is 32.7 Å². The number of carboxylic acid groups (broad SMARTS) is 1. The summed E-state index contributed by atoms with van der Waals surface area (Å²) in [7, 11) is 0. The topological polar surface area (TPSA) is 40.5 Å². The highest BCUT2D eigenvalue weighted by molar-refractivity contribution is 6.30. The van der Waals surface area contributed by atoms with Gasteiger partial charge in [0.1, 0.15) is 0 Å². The molecule has 1 heterocycles. The Morgan fingerprint density at radius 3 is 2.32 bits per heavy atom. The summed E-state index contributed by atoms with van der Waals surface area (Å²) >= 11 is 5.90. The molecule has 0 aromatic heterocycles. The molecule has 1 aromatic carbocycles. The van der Waals surface area contributed by atoms with Crippen LogP contribution in [-0.4, -0.2) is 29.1 Å². The van der Waals surface area contributed by atoms with Gasteiger partial charge >= 0.3 is 5.97 Å². The van der Waals surface area contributed by atoms with Crippen LogP contribution in [0, 0.1) is 5.41 Å². The van der Waals surface area contributed by atoms with E-state index in [1.807, 2.05) is 31.2 Å². The molecule has 19 heavy (non-hydrogen) atoms. The summed E-state index contributed by atoms with van der Waals surface area (Å²) in [4.78, 5) is 13.6. The van der Waals surface area contributed by atoms with Gasteiger partial charge in [0.05, 0.1) is 5.41 Å². The molecule has 1 fully saturated rings. The average Bonchev–Trinajstić information content (AvgIpc) is 2.39. The summed E-state index contributed by atoms with van der Waals surface area (Å²) in [6.07, 6.45) is 1.42. The molecular formula is C15H20ClNO2. The zero-order valence-electron chi connectivity index (χ0n) is 11.4. The van der Waals surface area contributed by atoms with Crippen LogP contribution in [0.4, 0.5) is 0 Å². The van der Waals surface area contributed by atoms with E-state index in [1.54, 1.807) is 0 Å². The molecule has 1 aliphatic rings. The maximum atomic E-state index is 11.2. The van der Waals surface area contributed by atoms with Crippen molar-refractivity contribution in [3.05, 3.63) is 34.9 Å². The van der Waals surface area contributed by atoms with Gasteiger partial charge in [0.25, 0.3) is 0 Å². The third-order valence-electron chi connectivity index (χ3n) is 4.32. The normalized spacial score (nSPS) is 21.0. The predicted molar refractivity (Wildman–Crippen MR) is 76.4 cm³/mol. The van der Waals surface area contributed by atoms with Gasteiger partial charge in [0.2, 0.25) is 0 Å². The highest BCUT2D eigenvalue weighted by atomic mass is 35.5. The first-order valence-corrected chi connectivity index (χ1v) is 7.03. The zero-order valence-corrected chi connectivity index (χ0v) is 12.2. The SMILES string of the molecule is CC(c1ccc(Cl)cc1)N1CCC(C)(C(=O)O)CC1. The standard InChI is InChI=1S/C15H20ClNO2/c1-11(12-3-5-13(16)6-4-12)17-9-7-15(2,8-10-17)14(18)19/h3-6,11H,7-10H2,1-2H3,(H,18,19). The number of hydrogen-bond donors (Lipinski definition) is 1. The number of nitrogens with zero attached hydrogens (tertiary/aromatic N) is 1. The summed E-state index contributed by atoms with van der Waals surface area (Å²) < 4.78 is 0. The first-order chi connectivity index (χ1) is 8.92. The van der Waals surface area contributed by atoms with E-state index in [9.17, 15) is 9.90 Å². The average molecular weight is 282 g/mol. The smallest absolute Gasteiger partial charge is 0.309 e. The third-order valence-corrected chi connectivity index (χ3v) is 4.57. The predicted octanol–water partition coefficient (Wildman–Crippen LogP) is 3.59. The van der Waals surface area contributed by atoms with E-state index >= 15 is 0 Å². The second kappa shape index (κ2) is 5.51. The Bertz CT molecular complexity index is 450. The Labute approximate surface area is 119 Å². The van der Waals surface area contributed by atoms with Gasteiger partial charge in [-0.05, 0) is 57.5 Å². The molecule has 0 saturated carbocycles. The van der Waals surface area contributed by atoms with Crippen molar-refractivity contribution >= 4 is 17.6 Å². The van der Waals surface area contributed by atoms with Crippen molar-refractivity contribution in [3.63, 3.8) is 0 Å². The van der Waals surface area contributed by atoms with Crippen LogP contribution in [0.2, 0.25) is 5.02 Å². The molecule has 0 bridgehead atoms. The van der Waals surface area contributed by atoms with E-state index in [4.69, 9.17) is 11.6 Å². The van der Waals surface area contributed by atoms with Gasteiger partial charge < -0.3 is 5.11 Å². The summed E-state index contributed by atoms with van der Waals surface area (Å²) in [6.45, 7) is 5.66. The molecule has 104 valence electrons. The summed E-state index contributed by atoms with van der Waals surface area (Å²) in [5.41, 5.74) is 0.666. The van der Waals surface area contributed by atoms with Gasteiger partial charge in [0, 0.05) is 11.1 Å². The Hall–Kier alpha value is -1.06. The second-order valence-electron chi connectivity index (χ2n) is 5.63. The quantitative estimate of drug-likeness (QED) is 0.920. The lowest BCUT2D eigenvalue weighted by molar-refractivity contribution is -0.151. The molecule has 0 aliphatic carbocycles. The van der Waals surface area contributed by atoms with Crippen molar-refractivity contribution in [1.82, 2.24) is 4.90 Å². The van der Waals surface area contributed by atoms with Crippen LogP contribution in [0.5, 0.6) is 0 Å². The molecule has 1 atom stereocenters. The fourth-order valence-corrected chi connectivity index (χ4v) is 2.70. The van der Waals surface area contributed by atoms with E-state index in [0.29, 0.717) is 18.9 Å². The number of hydrogen-bond acceptors (Lipinski definition) is 2. The van der Waals surface area contributed by atoms with E-state index in [2.05, 4.69) is 11.8 Å². The highest BCUT2D eigenvalue weighted by Crippen LogP contribution is 2.34. The molecule has 1 saturated heterocycles. The van der Waals surface area contributed by atoms with Crippen molar-refractivity contribution in [1.29, 1.82) is 0 Å². The highest BCUT2D eigenvalue weighted by Gasteiger charge is 2.37. The fraction of sp³-hybridized carbons (Fsp3) is 0.533. The molecule has 1 aliphatic heterocycles. The number of carboxylic acids is 1. The number of aliphatic carboxylic acids is 1. The maximum absolute atomic E-state index is 11.2. The van der Waals surface area contributed by atoms with E-state index < -0.39 is 11.4 Å². The Morgan fingerprint density at radius 2 is 1.84 bits per heavy atom. The van der Waals surface area contributed by atoms with Crippen LogP contribution in [0.25, 0.3) is 0 Å². The molecule has 1 unspecified atom stereocenters. The van der Waals surface area contributed by atoms with Crippen molar-refractivity contribution in [3.8, 4) is 0 Å². The maximum Gasteiger partial charge on any atom is 0.309 e. The molecule has 1 aromatic rings. The molecule has 0 spiro atoms. The monoisotopic (exact) mass is 281 g/mol. The Morgan fingerprint density at radius 1 is 1.32 bits per heavy atom. The number of benzene rings is 1. The number of likely N-dealkylation sites (tertiary alicyclic amines) is 1. The molecule has 0 amide bonds. The van der Waals surface area contributed by atoms with Gasteiger partial charge in [-0.2, -0.15) is 0 Å². The Kier molecular flexibility index (Phi) is 4.16. The lowest BCUT2D eigenvalue weighted by Gasteiger charge is -2.39. The van der Waals surface area contributed by atoms with Crippen molar-refractivity contribution < 1.29 is 9.90 Å². The van der Waals surface area contributed by atoms with Crippen molar-refractivity contribution in [2.24, 2.45) is 5.41 Å². The summed E-state index contributed by atoms with van der Waals surface area (Å²) in [6, 6.07) is 8.18. The first-order valence-electron chi connectivity index (χ1n) is 6.65. The van der Waals surface area contributed by atoms with E-state index in [0.717, 1.165) is 18.1 Å². The van der Waals surface area contributed by atoms with Crippen LogP contribution >= 0.6 is 11.6 Å². The van der Waals surface area contributed by atoms with Crippen molar-refractivity contribution in [2.75, 3.05) is 13.1 Å². The molecule has 2 rings (SSSR count). The lowest BCUT2D eigenvalue weighted by atomic mass is 9.80. The first kappa shape index (κ1) is 14.4. The molecule has 0 radical (unpaired) electrons. The molecule has 4 heteroatoms. The van der Waals surface area contributed by atoms with Gasteiger partial charge in [-0.15, -0.1) is 0 Å². The molecular weight excluding hydrogens is 262 g/mol. The number of rotatable bonds is 3. The third kappa shape index (κ3) is 3.10. The molecule has 3 nitrogen and oxygen atoms in total. The minimum absolute atomic E-state index is 0.301. The van der Waals surface area contributed by atoms with Crippen LogP contribution < -0.4 is 0 Å².